The molecule has 78 valence electrons. The van der Waals surface area contributed by atoms with Gasteiger partial charge in [0.15, 0.2) is 5.78 Å². The van der Waals surface area contributed by atoms with Crippen molar-refractivity contribution in [3.05, 3.63) is 20.8 Å². The van der Waals surface area contributed by atoms with E-state index in [-0.39, 0.29) is 5.78 Å². The van der Waals surface area contributed by atoms with Gasteiger partial charge in [-0.2, -0.15) is 23.1 Å². The van der Waals surface area contributed by atoms with Crippen LogP contribution in [0.2, 0.25) is 0 Å². The fourth-order valence-corrected chi connectivity index (χ4v) is 3.24. The van der Waals surface area contributed by atoms with E-state index in [1.165, 1.54) is 0 Å². The topological polar surface area (TPSA) is 17.1 Å². The predicted molar refractivity (Wildman–Crippen MR) is 68.6 cm³/mol. The zero-order valence-electron chi connectivity index (χ0n) is 8.25. The van der Waals surface area contributed by atoms with Gasteiger partial charge in [-0.3, -0.25) is 4.79 Å². The van der Waals surface area contributed by atoms with Gasteiger partial charge in [0.25, 0.3) is 0 Å². The van der Waals surface area contributed by atoms with Crippen molar-refractivity contribution in [2.75, 3.05) is 5.75 Å². The predicted octanol–water partition coefficient (Wildman–Crippen LogP) is 4.23. The van der Waals surface area contributed by atoms with Crippen LogP contribution in [0.1, 0.15) is 30.6 Å². The Labute approximate surface area is 101 Å². The second-order valence-corrected chi connectivity index (χ2v) is 6.11. The number of ketones is 1. The molecular weight excluding hydrogens is 280 g/mol. The minimum Gasteiger partial charge on any atom is -0.293 e. The molecule has 1 aromatic rings. The maximum absolute atomic E-state index is 11.7. The van der Waals surface area contributed by atoms with Gasteiger partial charge >= 0.3 is 0 Å². The standard InChI is InChI=1S/C10H13BrOS2/c1-3-7(2)14-6-10(12)8-4-13-5-9(8)11/h4-5,7H,3,6H2,1-2H3. The lowest BCUT2D eigenvalue weighted by Gasteiger charge is -2.06. The summed E-state index contributed by atoms with van der Waals surface area (Å²) in [6, 6.07) is 0. The van der Waals surface area contributed by atoms with E-state index in [9.17, 15) is 4.79 Å². The molecule has 0 saturated carbocycles. The van der Waals surface area contributed by atoms with E-state index < -0.39 is 0 Å². The summed E-state index contributed by atoms with van der Waals surface area (Å²) < 4.78 is 0.928. The lowest BCUT2D eigenvalue weighted by atomic mass is 10.2. The van der Waals surface area contributed by atoms with Gasteiger partial charge in [-0.1, -0.05) is 13.8 Å². The number of carbonyl (C=O) groups excluding carboxylic acids is 1. The van der Waals surface area contributed by atoms with Crippen LogP contribution in [-0.2, 0) is 0 Å². The Bertz CT molecular complexity index is 309. The van der Waals surface area contributed by atoms with Crippen molar-refractivity contribution in [1.29, 1.82) is 0 Å². The Morgan fingerprint density at radius 3 is 2.86 bits per heavy atom. The van der Waals surface area contributed by atoms with Crippen LogP contribution in [0.25, 0.3) is 0 Å². The minimum atomic E-state index is 0.225. The van der Waals surface area contributed by atoms with E-state index in [0.29, 0.717) is 11.0 Å². The highest BCUT2D eigenvalue weighted by Gasteiger charge is 2.12. The van der Waals surface area contributed by atoms with Gasteiger partial charge in [-0.15, -0.1) is 0 Å². The first-order valence-corrected chi connectivity index (χ1v) is 7.30. The summed E-state index contributed by atoms with van der Waals surface area (Å²) in [6.45, 7) is 4.29. The number of halogens is 1. The van der Waals surface area contributed by atoms with Crippen molar-refractivity contribution in [1.82, 2.24) is 0 Å². The van der Waals surface area contributed by atoms with E-state index in [0.717, 1.165) is 16.5 Å². The van der Waals surface area contributed by atoms with Crippen molar-refractivity contribution in [3.8, 4) is 0 Å². The molecule has 1 atom stereocenters. The molecule has 0 bridgehead atoms. The van der Waals surface area contributed by atoms with E-state index in [1.54, 1.807) is 23.1 Å². The Kier molecular flexibility index (Phi) is 5.20. The molecule has 0 saturated heterocycles. The molecule has 0 aliphatic heterocycles. The molecule has 0 aliphatic rings. The highest BCUT2D eigenvalue weighted by Crippen LogP contribution is 2.24. The van der Waals surface area contributed by atoms with Crippen LogP contribution in [0, 0.1) is 0 Å². The molecule has 14 heavy (non-hydrogen) atoms. The van der Waals surface area contributed by atoms with Crippen LogP contribution in [0.4, 0.5) is 0 Å². The molecule has 1 nitrogen and oxygen atoms in total. The number of Topliss-reactive ketones (excluding diaryl/α,β-unsaturated/α-hetero) is 1. The number of hydrogen-bond donors (Lipinski definition) is 0. The summed E-state index contributed by atoms with van der Waals surface area (Å²) in [5, 5.41) is 4.42. The number of hydrogen-bond acceptors (Lipinski definition) is 3. The highest BCUT2D eigenvalue weighted by atomic mass is 79.9. The van der Waals surface area contributed by atoms with E-state index in [1.807, 2.05) is 10.8 Å². The Balaban J connectivity index is 2.47. The van der Waals surface area contributed by atoms with Gasteiger partial charge in [-0.25, -0.2) is 0 Å². The van der Waals surface area contributed by atoms with Crippen LogP contribution in [-0.4, -0.2) is 16.8 Å². The summed E-state index contributed by atoms with van der Waals surface area (Å²) in [6.07, 6.45) is 1.11. The summed E-state index contributed by atoms with van der Waals surface area (Å²) in [4.78, 5) is 11.7. The Hall–Kier alpha value is 0.200. The SMILES string of the molecule is CCC(C)SCC(=O)c1cscc1Br. The molecule has 1 heterocycles. The van der Waals surface area contributed by atoms with Crippen molar-refractivity contribution in [2.45, 2.75) is 25.5 Å². The average Bonchev–Trinajstić information content (AvgIpc) is 2.60. The van der Waals surface area contributed by atoms with Crippen molar-refractivity contribution in [2.24, 2.45) is 0 Å². The van der Waals surface area contributed by atoms with Crippen LogP contribution in [0.15, 0.2) is 15.2 Å². The van der Waals surface area contributed by atoms with Crippen molar-refractivity contribution < 1.29 is 4.79 Å². The van der Waals surface area contributed by atoms with Gasteiger partial charge in [0.1, 0.15) is 0 Å². The Morgan fingerprint density at radius 1 is 1.64 bits per heavy atom. The molecule has 0 fully saturated rings. The molecular formula is C10H13BrOS2. The fraction of sp³-hybridized carbons (Fsp3) is 0.500. The second-order valence-electron chi connectivity index (χ2n) is 3.09. The van der Waals surface area contributed by atoms with E-state index in [4.69, 9.17) is 0 Å². The first-order valence-electron chi connectivity index (χ1n) is 4.51. The Morgan fingerprint density at radius 2 is 2.36 bits per heavy atom. The van der Waals surface area contributed by atoms with Gasteiger partial charge < -0.3 is 0 Å². The second kappa shape index (κ2) is 5.93. The minimum absolute atomic E-state index is 0.225. The van der Waals surface area contributed by atoms with Crippen LogP contribution in [0.5, 0.6) is 0 Å². The molecule has 1 rings (SSSR count). The summed E-state index contributed by atoms with van der Waals surface area (Å²) >= 11 is 6.65. The first-order chi connectivity index (χ1) is 6.65. The normalized spacial score (nSPS) is 12.8. The smallest absolute Gasteiger partial charge is 0.174 e. The zero-order valence-corrected chi connectivity index (χ0v) is 11.5. The lowest BCUT2D eigenvalue weighted by molar-refractivity contribution is 0.102. The number of thiophene rings is 1. The zero-order chi connectivity index (χ0) is 10.6. The van der Waals surface area contributed by atoms with Gasteiger partial charge in [0.05, 0.1) is 5.75 Å². The first kappa shape index (κ1) is 12.3. The molecule has 0 spiro atoms. The third-order valence-electron chi connectivity index (χ3n) is 1.99. The van der Waals surface area contributed by atoms with Gasteiger partial charge in [0.2, 0.25) is 0 Å². The quantitative estimate of drug-likeness (QED) is 0.756. The molecule has 0 N–H and O–H groups in total. The summed E-state index contributed by atoms with van der Waals surface area (Å²) in [7, 11) is 0. The van der Waals surface area contributed by atoms with Crippen LogP contribution >= 0.6 is 39.0 Å². The monoisotopic (exact) mass is 292 g/mol. The molecule has 0 aromatic carbocycles. The van der Waals surface area contributed by atoms with Gasteiger partial charge in [0, 0.05) is 26.0 Å². The van der Waals surface area contributed by atoms with E-state index >= 15 is 0 Å². The highest BCUT2D eigenvalue weighted by molar-refractivity contribution is 9.10. The van der Waals surface area contributed by atoms with E-state index in [2.05, 4.69) is 29.8 Å². The molecule has 4 heteroatoms. The maximum Gasteiger partial charge on any atom is 0.174 e. The molecule has 1 aromatic heterocycles. The number of thioether (sulfide) groups is 1. The fourth-order valence-electron chi connectivity index (χ4n) is 0.894. The molecule has 0 amide bonds. The summed E-state index contributed by atoms with van der Waals surface area (Å²) in [5.41, 5.74) is 0.825. The maximum atomic E-state index is 11.7. The largest absolute Gasteiger partial charge is 0.293 e. The van der Waals surface area contributed by atoms with Crippen molar-refractivity contribution >= 4 is 44.8 Å². The summed E-state index contributed by atoms with van der Waals surface area (Å²) in [5.74, 6) is 0.813. The van der Waals surface area contributed by atoms with Crippen LogP contribution < -0.4 is 0 Å². The molecule has 0 radical (unpaired) electrons. The van der Waals surface area contributed by atoms with Crippen molar-refractivity contribution in [3.63, 3.8) is 0 Å². The average molecular weight is 293 g/mol. The number of rotatable bonds is 5. The lowest BCUT2D eigenvalue weighted by Crippen LogP contribution is -2.05. The third-order valence-corrected chi connectivity index (χ3v) is 5.02. The third kappa shape index (κ3) is 3.41. The number of carbonyl (C=O) groups is 1. The van der Waals surface area contributed by atoms with Gasteiger partial charge in [-0.05, 0) is 22.4 Å². The van der Waals surface area contributed by atoms with Crippen LogP contribution in [0.3, 0.4) is 0 Å². The molecule has 1 unspecified atom stereocenters. The molecule has 0 aliphatic carbocycles.